The molecular formula is C16H18N2O4. The van der Waals surface area contributed by atoms with Crippen molar-refractivity contribution in [3.63, 3.8) is 0 Å². The van der Waals surface area contributed by atoms with E-state index in [2.05, 4.69) is 5.32 Å². The number of carboxylic acids is 1. The van der Waals surface area contributed by atoms with Gasteiger partial charge in [0.2, 0.25) is 5.91 Å². The van der Waals surface area contributed by atoms with Gasteiger partial charge in [-0.25, -0.2) is 0 Å². The molecule has 6 heteroatoms. The summed E-state index contributed by atoms with van der Waals surface area (Å²) >= 11 is 0. The Morgan fingerprint density at radius 3 is 2.86 bits per heavy atom. The second-order valence-electron chi connectivity index (χ2n) is 5.85. The summed E-state index contributed by atoms with van der Waals surface area (Å²) in [7, 11) is 0. The van der Waals surface area contributed by atoms with Crippen LogP contribution < -0.4 is 5.32 Å². The molecule has 2 aliphatic heterocycles. The lowest BCUT2D eigenvalue weighted by Crippen LogP contribution is -2.42. The first-order valence-electron chi connectivity index (χ1n) is 7.49. The highest BCUT2D eigenvalue weighted by molar-refractivity contribution is 5.98. The summed E-state index contributed by atoms with van der Waals surface area (Å²) < 4.78 is 0. The standard InChI is InChI=1S/C16H18N2O4/c19-14-6-4-10-8-11(3-5-13(10)17-14)15(20)18-7-1-2-12(9-18)16(21)22/h3,5,8,12H,1-2,4,6-7,9H2,(H,17,19)(H,21,22). The van der Waals surface area contributed by atoms with E-state index in [1.54, 1.807) is 17.0 Å². The fraction of sp³-hybridized carbons (Fsp3) is 0.438. The number of rotatable bonds is 2. The zero-order valence-corrected chi connectivity index (χ0v) is 12.2. The van der Waals surface area contributed by atoms with E-state index >= 15 is 0 Å². The maximum atomic E-state index is 12.6. The lowest BCUT2D eigenvalue weighted by molar-refractivity contribution is -0.143. The molecule has 6 nitrogen and oxygen atoms in total. The van der Waals surface area contributed by atoms with Crippen LogP contribution in [0.15, 0.2) is 18.2 Å². The number of anilines is 1. The van der Waals surface area contributed by atoms with Crippen molar-refractivity contribution < 1.29 is 19.5 Å². The van der Waals surface area contributed by atoms with Crippen molar-refractivity contribution in [2.45, 2.75) is 25.7 Å². The number of piperidine rings is 1. The molecule has 1 fully saturated rings. The molecule has 2 heterocycles. The minimum atomic E-state index is -0.842. The minimum absolute atomic E-state index is 0.00749. The minimum Gasteiger partial charge on any atom is -0.481 e. The molecule has 0 aromatic heterocycles. The molecule has 1 aromatic rings. The van der Waals surface area contributed by atoms with Crippen LogP contribution in [-0.2, 0) is 16.0 Å². The number of carbonyl (C=O) groups excluding carboxylic acids is 2. The van der Waals surface area contributed by atoms with Gasteiger partial charge in [-0.2, -0.15) is 0 Å². The zero-order valence-electron chi connectivity index (χ0n) is 12.2. The van der Waals surface area contributed by atoms with Gasteiger partial charge in [-0.05, 0) is 43.0 Å². The smallest absolute Gasteiger partial charge is 0.308 e. The Morgan fingerprint density at radius 2 is 2.09 bits per heavy atom. The molecule has 0 saturated carbocycles. The van der Waals surface area contributed by atoms with E-state index in [0.29, 0.717) is 37.8 Å². The summed E-state index contributed by atoms with van der Waals surface area (Å²) in [5, 5.41) is 11.9. The summed E-state index contributed by atoms with van der Waals surface area (Å²) in [6.45, 7) is 0.860. The van der Waals surface area contributed by atoms with E-state index in [1.165, 1.54) is 0 Å². The van der Waals surface area contributed by atoms with Crippen molar-refractivity contribution in [1.29, 1.82) is 0 Å². The Kier molecular flexibility index (Phi) is 3.83. The van der Waals surface area contributed by atoms with Crippen LogP contribution >= 0.6 is 0 Å². The number of aliphatic carboxylic acids is 1. The normalized spacial score (nSPS) is 21.0. The Bertz CT molecular complexity index is 641. The highest BCUT2D eigenvalue weighted by Crippen LogP contribution is 2.25. The van der Waals surface area contributed by atoms with Gasteiger partial charge in [-0.15, -0.1) is 0 Å². The molecular weight excluding hydrogens is 284 g/mol. The van der Waals surface area contributed by atoms with Crippen LogP contribution in [0.4, 0.5) is 5.69 Å². The van der Waals surface area contributed by atoms with Gasteiger partial charge in [-0.3, -0.25) is 14.4 Å². The largest absolute Gasteiger partial charge is 0.481 e. The first-order chi connectivity index (χ1) is 10.5. The molecule has 1 aromatic carbocycles. The number of benzene rings is 1. The second-order valence-corrected chi connectivity index (χ2v) is 5.85. The molecule has 2 N–H and O–H groups in total. The maximum Gasteiger partial charge on any atom is 0.308 e. The van der Waals surface area contributed by atoms with E-state index in [-0.39, 0.29) is 18.4 Å². The van der Waals surface area contributed by atoms with Crippen LogP contribution in [-0.4, -0.2) is 40.9 Å². The molecule has 0 spiro atoms. The van der Waals surface area contributed by atoms with Gasteiger partial charge in [0, 0.05) is 30.8 Å². The molecule has 1 atom stereocenters. The number of fused-ring (bicyclic) bond motifs is 1. The van der Waals surface area contributed by atoms with Gasteiger partial charge in [0.15, 0.2) is 0 Å². The Labute approximate surface area is 128 Å². The quantitative estimate of drug-likeness (QED) is 0.867. The number of hydrogen-bond donors (Lipinski definition) is 2. The number of carbonyl (C=O) groups is 3. The lowest BCUT2D eigenvalue weighted by atomic mass is 9.96. The Morgan fingerprint density at radius 1 is 1.27 bits per heavy atom. The highest BCUT2D eigenvalue weighted by Gasteiger charge is 2.29. The predicted molar refractivity (Wildman–Crippen MR) is 79.7 cm³/mol. The van der Waals surface area contributed by atoms with Gasteiger partial charge < -0.3 is 15.3 Å². The van der Waals surface area contributed by atoms with E-state index < -0.39 is 11.9 Å². The number of likely N-dealkylation sites (tertiary alicyclic amines) is 1. The summed E-state index contributed by atoms with van der Waals surface area (Å²) in [5.41, 5.74) is 2.27. The molecule has 0 radical (unpaired) electrons. The van der Waals surface area contributed by atoms with Gasteiger partial charge in [0.1, 0.15) is 0 Å². The summed E-state index contributed by atoms with van der Waals surface area (Å²) in [5.74, 6) is -1.46. The first-order valence-corrected chi connectivity index (χ1v) is 7.49. The number of carboxylic acid groups (broad SMARTS) is 1. The molecule has 0 aliphatic carbocycles. The third kappa shape index (κ3) is 2.81. The highest BCUT2D eigenvalue weighted by atomic mass is 16.4. The van der Waals surface area contributed by atoms with Crippen molar-refractivity contribution >= 4 is 23.5 Å². The predicted octanol–water partition coefficient (Wildman–Crippen LogP) is 1.51. The molecule has 22 heavy (non-hydrogen) atoms. The molecule has 1 saturated heterocycles. The van der Waals surface area contributed by atoms with Crippen LogP contribution in [0.1, 0.15) is 35.2 Å². The van der Waals surface area contributed by atoms with Crippen molar-refractivity contribution in [2.75, 3.05) is 18.4 Å². The summed E-state index contributed by atoms with van der Waals surface area (Å²) in [4.78, 5) is 36.6. The second kappa shape index (κ2) is 5.79. The first kappa shape index (κ1) is 14.6. The van der Waals surface area contributed by atoms with Crippen molar-refractivity contribution in [3.8, 4) is 0 Å². The number of hydrogen-bond acceptors (Lipinski definition) is 3. The number of aryl methyl sites for hydroxylation is 1. The Balaban J connectivity index is 1.77. The van der Waals surface area contributed by atoms with Crippen LogP contribution in [0.25, 0.3) is 0 Å². The van der Waals surface area contributed by atoms with Gasteiger partial charge in [-0.1, -0.05) is 0 Å². The average molecular weight is 302 g/mol. The SMILES string of the molecule is O=C1CCc2cc(C(=O)N3CCCC(C(=O)O)C3)ccc2N1. The fourth-order valence-corrected chi connectivity index (χ4v) is 3.06. The molecule has 0 bridgehead atoms. The fourth-order valence-electron chi connectivity index (χ4n) is 3.06. The zero-order chi connectivity index (χ0) is 15.7. The van der Waals surface area contributed by atoms with Gasteiger partial charge >= 0.3 is 5.97 Å². The monoisotopic (exact) mass is 302 g/mol. The third-order valence-corrected chi connectivity index (χ3v) is 4.31. The van der Waals surface area contributed by atoms with Gasteiger partial charge in [0.25, 0.3) is 5.91 Å². The maximum absolute atomic E-state index is 12.6. The number of amides is 2. The van der Waals surface area contributed by atoms with Crippen LogP contribution in [0.3, 0.4) is 0 Å². The third-order valence-electron chi connectivity index (χ3n) is 4.31. The van der Waals surface area contributed by atoms with E-state index in [1.807, 2.05) is 6.07 Å². The van der Waals surface area contributed by atoms with Crippen LogP contribution in [0, 0.1) is 5.92 Å². The summed E-state index contributed by atoms with van der Waals surface area (Å²) in [6.07, 6.45) is 2.38. The topological polar surface area (TPSA) is 86.7 Å². The molecule has 2 amide bonds. The molecule has 3 rings (SSSR count). The van der Waals surface area contributed by atoms with Crippen molar-refractivity contribution in [2.24, 2.45) is 5.92 Å². The van der Waals surface area contributed by atoms with Crippen molar-refractivity contribution in [3.05, 3.63) is 29.3 Å². The van der Waals surface area contributed by atoms with E-state index in [0.717, 1.165) is 11.3 Å². The van der Waals surface area contributed by atoms with Crippen LogP contribution in [0.5, 0.6) is 0 Å². The van der Waals surface area contributed by atoms with E-state index in [9.17, 15) is 14.4 Å². The van der Waals surface area contributed by atoms with E-state index in [4.69, 9.17) is 5.11 Å². The molecule has 116 valence electrons. The average Bonchev–Trinajstić information content (AvgIpc) is 2.53. The Hall–Kier alpha value is -2.37. The molecule has 2 aliphatic rings. The lowest BCUT2D eigenvalue weighted by Gasteiger charge is -2.31. The van der Waals surface area contributed by atoms with Crippen LogP contribution in [0.2, 0.25) is 0 Å². The number of nitrogens with zero attached hydrogens (tertiary/aromatic N) is 1. The summed E-state index contributed by atoms with van der Waals surface area (Å²) in [6, 6.07) is 5.25. The van der Waals surface area contributed by atoms with Crippen molar-refractivity contribution in [1.82, 2.24) is 4.90 Å². The number of nitrogens with one attached hydrogen (secondary N) is 1. The molecule has 1 unspecified atom stereocenters. The van der Waals surface area contributed by atoms with Gasteiger partial charge in [0.05, 0.1) is 5.92 Å².